The lowest BCUT2D eigenvalue weighted by Gasteiger charge is -2.08. The van der Waals surface area contributed by atoms with E-state index in [9.17, 15) is 4.57 Å². The molecule has 106 valence electrons. The van der Waals surface area contributed by atoms with Crippen LogP contribution in [0.5, 0.6) is 0 Å². The summed E-state index contributed by atoms with van der Waals surface area (Å²) in [6.45, 7) is 0. The highest BCUT2D eigenvalue weighted by molar-refractivity contribution is 7.60. The summed E-state index contributed by atoms with van der Waals surface area (Å²) in [5.74, 6) is 0. The van der Waals surface area contributed by atoms with Gasteiger partial charge in [0.25, 0.3) is 0 Å². The third-order valence-electron chi connectivity index (χ3n) is 2.94. The highest BCUT2D eigenvalue weighted by atomic mass is 35.5. The number of hydrogen-bond donors (Lipinski definition) is 2. The molecule has 0 aliphatic rings. The molecule has 0 unspecified atom stereocenters. The first-order valence-electron chi connectivity index (χ1n) is 5.95. The van der Waals surface area contributed by atoms with Crippen LogP contribution in [0.2, 0.25) is 10.0 Å². The second-order valence-corrected chi connectivity index (χ2v) is 6.90. The van der Waals surface area contributed by atoms with Crippen LogP contribution in [0.1, 0.15) is 11.1 Å². The van der Waals surface area contributed by atoms with Crippen molar-refractivity contribution in [3.63, 3.8) is 0 Å². The smallest absolute Gasteiger partial charge is 0.321 e. The summed E-state index contributed by atoms with van der Waals surface area (Å²) < 4.78 is 11.2. The first-order valence-corrected chi connectivity index (χ1v) is 8.32. The van der Waals surface area contributed by atoms with Crippen LogP contribution in [-0.4, -0.2) is 9.79 Å². The van der Waals surface area contributed by atoms with Crippen LogP contribution in [0.25, 0.3) is 0 Å². The van der Waals surface area contributed by atoms with Crippen molar-refractivity contribution in [3.05, 3.63) is 63.6 Å². The maximum Gasteiger partial charge on any atom is 0.356 e. The Labute approximate surface area is 127 Å². The molecule has 0 spiro atoms. The molecule has 0 saturated heterocycles. The fourth-order valence-corrected chi connectivity index (χ4v) is 2.93. The largest absolute Gasteiger partial charge is 0.356 e. The highest BCUT2D eigenvalue weighted by Gasteiger charge is 2.16. The van der Waals surface area contributed by atoms with E-state index in [0.29, 0.717) is 22.9 Å². The van der Waals surface area contributed by atoms with E-state index in [4.69, 9.17) is 33.0 Å². The van der Waals surface area contributed by atoms with Crippen LogP contribution in [0.15, 0.2) is 42.5 Å². The van der Waals surface area contributed by atoms with Crippen molar-refractivity contribution in [3.8, 4) is 0 Å². The lowest BCUT2D eigenvalue weighted by atomic mass is 10.0. The summed E-state index contributed by atoms with van der Waals surface area (Å²) in [5, 5.41) is 1.29. The third-order valence-corrected chi connectivity index (χ3v) is 4.49. The average molecular weight is 331 g/mol. The predicted molar refractivity (Wildman–Crippen MR) is 82.0 cm³/mol. The second-order valence-electron chi connectivity index (χ2n) is 4.45. The van der Waals surface area contributed by atoms with Crippen molar-refractivity contribution < 1.29 is 14.4 Å². The summed E-state index contributed by atoms with van der Waals surface area (Å²) in [6.07, 6.45) is 1.29. The van der Waals surface area contributed by atoms with Crippen molar-refractivity contribution in [2.45, 2.75) is 12.8 Å². The van der Waals surface area contributed by atoms with Gasteiger partial charge in [-0.05, 0) is 54.3 Å². The highest BCUT2D eigenvalue weighted by Crippen LogP contribution is 2.33. The molecule has 3 nitrogen and oxygen atoms in total. The minimum atomic E-state index is -4.21. The van der Waals surface area contributed by atoms with Gasteiger partial charge >= 0.3 is 7.60 Å². The Morgan fingerprint density at radius 2 is 1.75 bits per heavy atom. The molecule has 20 heavy (non-hydrogen) atoms. The van der Waals surface area contributed by atoms with Crippen LogP contribution in [0.4, 0.5) is 0 Å². The summed E-state index contributed by atoms with van der Waals surface area (Å²) in [7, 11) is -4.21. The summed E-state index contributed by atoms with van der Waals surface area (Å²) >= 11 is 12.0. The molecule has 0 fully saturated rings. The molecule has 0 radical (unpaired) electrons. The van der Waals surface area contributed by atoms with Gasteiger partial charge in [-0.15, -0.1) is 0 Å². The number of rotatable bonds is 4. The van der Waals surface area contributed by atoms with Gasteiger partial charge in [-0.2, -0.15) is 0 Å². The van der Waals surface area contributed by atoms with Gasteiger partial charge in [-0.1, -0.05) is 35.3 Å². The van der Waals surface area contributed by atoms with Crippen LogP contribution >= 0.6 is 30.8 Å². The van der Waals surface area contributed by atoms with Crippen LogP contribution in [0.3, 0.4) is 0 Å². The van der Waals surface area contributed by atoms with Crippen molar-refractivity contribution in [2.24, 2.45) is 0 Å². The zero-order chi connectivity index (χ0) is 14.8. The molecule has 6 heteroatoms. The van der Waals surface area contributed by atoms with Gasteiger partial charge in [0.05, 0.1) is 5.30 Å². The molecule has 0 amide bonds. The lowest BCUT2D eigenvalue weighted by molar-refractivity contribution is 0.387. The summed E-state index contributed by atoms with van der Waals surface area (Å²) in [4.78, 5) is 18.3. The standard InChI is InChI=1S/C14H13Cl2O3P/c15-12-6-7-14(16)11(9-12)5-4-10-2-1-3-13(8-10)20(17,18)19/h1-3,6-9H,4-5H2,(H2,17,18,19). The molecule has 0 aliphatic carbocycles. The maximum atomic E-state index is 11.2. The molecular weight excluding hydrogens is 318 g/mol. The SMILES string of the molecule is O=P(O)(O)c1cccc(CCc2cc(Cl)ccc2Cl)c1. The zero-order valence-electron chi connectivity index (χ0n) is 10.5. The topological polar surface area (TPSA) is 57.5 Å². The Kier molecular flexibility index (Phi) is 4.90. The minimum Gasteiger partial charge on any atom is -0.321 e. The van der Waals surface area contributed by atoms with Gasteiger partial charge in [-0.3, -0.25) is 4.57 Å². The van der Waals surface area contributed by atoms with E-state index in [0.717, 1.165) is 11.1 Å². The number of benzene rings is 2. The van der Waals surface area contributed by atoms with Gasteiger partial charge < -0.3 is 9.79 Å². The molecule has 0 aromatic heterocycles. The normalized spacial score (nSPS) is 11.6. The Balaban J connectivity index is 2.15. The van der Waals surface area contributed by atoms with Gasteiger partial charge in [0, 0.05) is 10.0 Å². The molecule has 0 atom stereocenters. The van der Waals surface area contributed by atoms with Crippen LogP contribution in [-0.2, 0) is 17.4 Å². The molecule has 0 bridgehead atoms. The molecule has 2 aromatic rings. The molecule has 0 heterocycles. The fourth-order valence-electron chi connectivity index (χ4n) is 1.91. The lowest BCUT2D eigenvalue weighted by Crippen LogP contribution is -2.05. The Morgan fingerprint density at radius 3 is 2.45 bits per heavy atom. The van der Waals surface area contributed by atoms with E-state index in [-0.39, 0.29) is 5.30 Å². The minimum absolute atomic E-state index is 0.0344. The second kappa shape index (κ2) is 6.30. The van der Waals surface area contributed by atoms with Crippen molar-refractivity contribution in [1.82, 2.24) is 0 Å². The Bertz CT molecular complexity index is 667. The van der Waals surface area contributed by atoms with Crippen molar-refractivity contribution in [2.75, 3.05) is 0 Å². The van der Waals surface area contributed by atoms with Gasteiger partial charge in [0.1, 0.15) is 0 Å². The van der Waals surface area contributed by atoms with E-state index in [1.807, 2.05) is 6.07 Å². The van der Waals surface area contributed by atoms with Crippen molar-refractivity contribution in [1.29, 1.82) is 0 Å². The zero-order valence-corrected chi connectivity index (χ0v) is 12.9. The first kappa shape index (κ1) is 15.6. The number of halogens is 2. The van der Waals surface area contributed by atoms with E-state index in [1.165, 1.54) is 12.1 Å². The quantitative estimate of drug-likeness (QED) is 0.842. The molecular formula is C14H13Cl2O3P. The summed E-state index contributed by atoms with van der Waals surface area (Å²) in [6, 6.07) is 11.7. The van der Waals surface area contributed by atoms with Gasteiger partial charge in [0.15, 0.2) is 0 Å². The van der Waals surface area contributed by atoms with Crippen molar-refractivity contribution >= 4 is 36.1 Å². The van der Waals surface area contributed by atoms with Gasteiger partial charge in [-0.25, -0.2) is 0 Å². The van der Waals surface area contributed by atoms with E-state index < -0.39 is 7.60 Å². The maximum absolute atomic E-state index is 11.2. The first-order chi connectivity index (χ1) is 9.36. The third kappa shape index (κ3) is 4.08. The van der Waals surface area contributed by atoms with E-state index in [1.54, 1.807) is 24.3 Å². The summed E-state index contributed by atoms with van der Waals surface area (Å²) in [5.41, 5.74) is 1.77. The molecule has 2 N–H and O–H groups in total. The van der Waals surface area contributed by atoms with Crippen LogP contribution in [0, 0.1) is 0 Å². The number of hydrogen-bond acceptors (Lipinski definition) is 1. The Morgan fingerprint density at radius 1 is 1.00 bits per heavy atom. The molecule has 2 rings (SSSR count). The number of aryl methyl sites for hydroxylation is 2. The predicted octanol–water partition coefficient (Wildman–Crippen LogP) is 3.58. The monoisotopic (exact) mass is 330 g/mol. The molecule has 2 aromatic carbocycles. The van der Waals surface area contributed by atoms with Crippen LogP contribution < -0.4 is 5.30 Å². The molecule has 0 saturated carbocycles. The van der Waals surface area contributed by atoms with Gasteiger partial charge in [0.2, 0.25) is 0 Å². The Hall–Kier alpha value is -0.830. The fraction of sp³-hybridized carbons (Fsp3) is 0.143. The average Bonchev–Trinajstić information content (AvgIpc) is 2.39. The van der Waals surface area contributed by atoms with E-state index in [2.05, 4.69) is 0 Å². The molecule has 0 aliphatic heterocycles. The van der Waals surface area contributed by atoms with E-state index >= 15 is 0 Å².